The second-order valence-corrected chi connectivity index (χ2v) is 3.27. The van der Waals surface area contributed by atoms with Crippen LogP contribution in [0.5, 0.6) is 0 Å². The first-order valence-electron chi connectivity index (χ1n) is 3.33. The average Bonchev–Trinajstić information content (AvgIpc) is 2.07. The van der Waals surface area contributed by atoms with Gasteiger partial charge in [-0.25, -0.2) is 0 Å². The van der Waals surface area contributed by atoms with Gasteiger partial charge in [-0.3, -0.25) is 10.1 Å². The van der Waals surface area contributed by atoms with E-state index in [2.05, 4.69) is 0 Å². The van der Waals surface area contributed by atoms with Crippen LogP contribution in [-0.4, -0.2) is 4.92 Å². The van der Waals surface area contributed by atoms with Crippen LogP contribution in [0.3, 0.4) is 0 Å². The number of nitrogens with zero attached hydrogens (tertiary/aromatic N) is 1. The molecule has 70 valence electrons. The molecule has 0 aromatic heterocycles. The van der Waals surface area contributed by atoms with Gasteiger partial charge in [-0.1, -0.05) is 23.2 Å². The summed E-state index contributed by atoms with van der Waals surface area (Å²) in [5, 5.41) is 10.7. The van der Waals surface area contributed by atoms with Crippen LogP contribution in [0.15, 0.2) is 6.07 Å². The van der Waals surface area contributed by atoms with Crippen molar-refractivity contribution < 1.29 is 4.92 Å². The quantitative estimate of drug-likeness (QED) is 0.450. The van der Waals surface area contributed by atoms with Crippen molar-refractivity contribution in [3.63, 3.8) is 0 Å². The summed E-state index contributed by atoms with van der Waals surface area (Å²) in [5.74, 6) is 0. The number of rotatable bonds is 1. The lowest BCUT2D eigenvalue weighted by molar-refractivity contribution is -0.385. The van der Waals surface area contributed by atoms with Crippen molar-refractivity contribution in [1.29, 1.82) is 0 Å². The zero-order valence-corrected chi connectivity index (χ0v) is 8.19. The Balaban J connectivity index is 3.50. The van der Waals surface area contributed by atoms with Crippen LogP contribution < -0.4 is 5.73 Å². The van der Waals surface area contributed by atoms with Crippen molar-refractivity contribution in [1.82, 2.24) is 0 Å². The Labute approximate surface area is 84.4 Å². The highest BCUT2D eigenvalue weighted by atomic mass is 35.5. The number of anilines is 1. The van der Waals surface area contributed by atoms with Gasteiger partial charge >= 0.3 is 0 Å². The molecule has 0 spiro atoms. The van der Waals surface area contributed by atoms with Crippen molar-refractivity contribution in [2.45, 2.75) is 6.92 Å². The Morgan fingerprint density at radius 3 is 2.54 bits per heavy atom. The van der Waals surface area contributed by atoms with E-state index in [1.54, 1.807) is 0 Å². The third kappa shape index (κ3) is 1.68. The molecule has 0 unspecified atom stereocenters. The van der Waals surface area contributed by atoms with E-state index >= 15 is 0 Å². The largest absolute Gasteiger partial charge is 0.396 e. The van der Waals surface area contributed by atoms with E-state index in [0.717, 1.165) is 0 Å². The molecule has 1 rings (SSSR count). The van der Waals surface area contributed by atoms with Gasteiger partial charge in [0.25, 0.3) is 5.69 Å². The van der Waals surface area contributed by atoms with Crippen LogP contribution >= 0.6 is 23.2 Å². The molecule has 0 aliphatic carbocycles. The fourth-order valence-corrected chi connectivity index (χ4v) is 1.36. The SMILES string of the molecule is Cc1c([N+](=O)[O-])cc(Cl)c(N)c1Cl. The van der Waals surface area contributed by atoms with E-state index in [1.165, 1.54) is 13.0 Å². The van der Waals surface area contributed by atoms with E-state index in [4.69, 9.17) is 28.9 Å². The lowest BCUT2D eigenvalue weighted by Gasteiger charge is -2.04. The molecule has 2 N–H and O–H groups in total. The summed E-state index contributed by atoms with van der Waals surface area (Å²) in [5.41, 5.74) is 5.84. The number of benzene rings is 1. The van der Waals surface area contributed by atoms with Gasteiger partial charge in [0.05, 0.1) is 20.7 Å². The number of nitrogen functional groups attached to an aromatic ring is 1. The van der Waals surface area contributed by atoms with Gasteiger partial charge in [0.2, 0.25) is 0 Å². The smallest absolute Gasteiger partial charge is 0.275 e. The predicted molar refractivity (Wildman–Crippen MR) is 52.3 cm³/mol. The summed E-state index contributed by atoms with van der Waals surface area (Å²) in [7, 11) is 0. The maximum Gasteiger partial charge on any atom is 0.275 e. The number of halogens is 2. The summed E-state index contributed by atoms with van der Waals surface area (Å²) >= 11 is 11.3. The third-order valence-corrected chi connectivity index (χ3v) is 2.47. The maximum absolute atomic E-state index is 10.5. The minimum Gasteiger partial charge on any atom is -0.396 e. The highest BCUT2D eigenvalue weighted by Crippen LogP contribution is 2.36. The molecule has 0 saturated carbocycles. The van der Waals surface area contributed by atoms with Gasteiger partial charge in [0.15, 0.2) is 0 Å². The zero-order chi connectivity index (χ0) is 10.2. The van der Waals surface area contributed by atoms with Gasteiger partial charge in [-0.2, -0.15) is 0 Å². The molecule has 13 heavy (non-hydrogen) atoms. The van der Waals surface area contributed by atoms with Crippen molar-refractivity contribution in [2.75, 3.05) is 5.73 Å². The Morgan fingerprint density at radius 2 is 2.08 bits per heavy atom. The Kier molecular flexibility index (Phi) is 2.63. The summed E-state index contributed by atoms with van der Waals surface area (Å²) in [6.45, 7) is 1.52. The molecular weight excluding hydrogens is 215 g/mol. The molecule has 1 aromatic rings. The highest BCUT2D eigenvalue weighted by Gasteiger charge is 2.17. The fourth-order valence-electron chi connectivity index (χ4n) is 0.915. The normalized spacial score (nSPS) is 10.1. The van der Waals surface area contributed by atoms with Crippen LogP contribution in [0.1, 0.15) is 5.56 Å². The van der Waals surface area contributed by atoms with E-state index in [0.29, 0.717) is 5.56 Å². The predicted octanol–water partition coefficient (Wildman–Crippen LogP) is 2.79. The topological polar surface area (TPSA) is 69.2 Å². The molecular formula is C7H6Cl2N2O2. The van der Waals surface area contributed by atoms with E-state index in [1.807, 2.05) is 0 Å². The lowest BCUT2D eigenvalue weighted by atomic mass is 10.2. The van der Waals surface area contributed by atoms with E-state index < -0.39 is 4.92 Å². The Morgan fingerprint density at radius 1 is 1.54 bits per heavy atom. The first-order chi connectivity index (χ1) is 5.95. The molecule has 0 fully saturated rings. The minimum atomic E-state index is -0.549. The number of hydrogen-bond donors (Lipinski definition) is 1. The zero-order valence-electron chi connectivity index (χ0n) is 6.67. The molecule has 1 aromatic carbocycles. The molecule has 0 aliphatic rings. The lowest BCUT2D eigenvalue weighted by Crippen LogP contribution is -1.96. The van der Waals surface area contributed by atoms with Crippen LogP contribution in [0.2, 0.25) is 10.0 Å². The Bertz CT molecular complexity index is 379. The van der Waals surface area contributed by atoms with Crippen LogP contribution in [0.4, 0.5) is 11.4 Å². The molecule has 0 aliphatic heterocycles. The molecule has 0 atom stereocenters. The highest BCUT2D eigenvalue weighted by molar-refractivity contribution is 6.39. The summed E-state index contributed by atoms with van der Waals surface area (Å²) in [6, 6.07) is 1.19. The second kappa shape index (κ2) is 3.40. The van der Waals surface area contributed by atoms with Crippen molar-refractivity contribution in [3.05, 3.63) is 31.8 Å². The number of hydrogen-bond acceptors (Lipinski definition) is 3. The number of nitrogens with two attached hydrogens (primary N) is 1. The van der Waals surface area contributed by atoms with Crippen LogP contribution in [0.25, 0.3) is 0 Å². The fraction of sp³-hybridized carbons (Fsp3) is 0.143. The number of nitro benzene ring substituents is 1. The summed E-state index contributed by atoms with van der Waals surface area (Å²) in [4.78, 5) is 9.94. The second-order valence-electron chi connectivity index (χ2n) is 2.49. The molecule has 0 amide bonds. The summed E-state index contributed by atoms with van der Waals surface area (Å²) < 4.78 is 0. The minimum absolute atomic E-state index is 0.0994. The first kappa shape index (κ1) is 10.1. The molecule has 4 nitrogen and oxygen atoms in total. The van der Waals surface area contributed by atoms with Gasteiger partial charge < -0.3 is 5.73 Å². The van der Waals surface area contributed by atoms with Crippen molar-refractivity contribution >= 4 is 34.6 Å². The van der Waals surface area contributed by atoms with Gasteiger partial charge in [0.1, 0.15) is 0 Å². The van der Waals surface area contributed by atoms with E-state index in [9.17, 15) is 10.1 Å². The first-order valence-corrected chi connectivity index (χ1v) is 4.09. The van der Waals surface area contributed by atoms with Gasteiger partial charge in [-0.15, -0.1) is 0 Å². The third-order valence-electron chi connectivity index (χ3n) is 1.67. The van der Waals surface area contributed by atoms with Crippen molar-refractivity contribution in [2.24, 2.45) is 0 Å². The monoisotopic (exact) mass is 220 g/mol. The average molecular weight is 221 g/mol. The molecule has 6 heteroatoms. The molecule has 0 bridgehead atoms. The molecule has 0 saturated heterocycles. The van der Waals surface area contributed by atoms with Gasteiger partial charge in [-0.05, 0) is 6.92 Å². The van der Waals surface area contributed by atoms with E-state index in [-0.39, 0.29) is 21.4 Å². The van der Waals surface area contributed by atoms with Crippen molar-refractivity contribution in [3.8, 4) is 0 Å². The van der Waals surface area contributed by atoms with Crippen LogP contribution in [-0.2, 0) is 0 Å². The van der Waals surface area contributed by atoms with Gasteiger partial charge in [0, 0.05) is 11.6 Å². The Hall–Kier alpha value is -1.00. The maximum atomic E-state index is 10.5. The molecule has 0 radical (unpaired) electrons. The standard InChI is InChI=1S/C7H6Cl2N2O2/c1-3-5(11(12)13)2-4(8)7(10)6(3)9/h2H,10H2,1H3. The van der Waals surface area contributed by atoms with Crippen LogP contribution in [0, 0.1) is 17.0 Å². The molecule has 0 heterocycles. The number of nitro groups is 1. The summed E-state index contributed by atoms with van der Waals surface area (Å²) in [6.07, 6.45) is 0.